The molecule has 2 rings (SSSR count). The number of hydrogen-bond acceptors (Lipinski definition) is 3. The quantitative estimate of drug-likeness (QED) is 0.864. The van der Waals surface area contributed by atoms with Crippen LogP contribution >= 0.6 is 12.4 Å². The Balaban J connectivity index is 0.00000288. The van der Waals surface area contributed by atoms with Gasteiger partial charge in [-0.15, -0.1) is 12.4 Å². The van der Waals surface area contributed by atoms with Crippen LogP contribution in [-0.2, 0) is 11.3 Å². The molecule has 0 unspecified atom stereocenters. The van der Waals surface area contributed by atoms with Crippen molar-refractivity contribution in [3.63, 3.8) is 0 Å². The first-order valence-corrected chi connectivity index (χ1v) is 7.74. The van der Waals surface area contributed by atoms with E-state index < -0.39 is 6.04 Å². The van der Waals surface area contributed by atoms with Gasteiger partial charge in [0.05, 0.1) is 6.04 Å². The second-order valence-corrected chi connectivity index (χ2v) is 6.03. The van der Waals surface area contributed by atoms with Crippen LogP contribution in [0.25, 0.3) is 0 Å². The standard InChI is InChI=1S/C19H24N2O2.ClH/c1-12-7-13(2)9-17(8-12)23-18-6-5-16(10-14(18)3)11-21-19(22)15(4)20;/h5-10,15H,11,20H2,1-4H3,(H,21,22);1H/t15-;/m0./s1. The summed E-state index contributed by atoms with van der Waals surface area (Å²) in [5.74, 6) is 1.50. The van der Waals surface area contributed by atoms with E-state index in [-0.39, 0.29) is 18.3 Å². The van der Waals surface area contributed by atoms with Gasteiger partial charge < -0.3 is 15.8 Å². The molecule has 0 spiro atoms. The Morgan fingerprint density at radius 2 is 1.75 bits per heavy atom. The predicted molar refractivity (Wildman–Crippen MR) is 99.9 cm³/mol. The Bertz CT molecular complexity index is 694. The van der Waals surface area contributed by atoms with Crippen LogP contribution in [0.3, 0.4) is 0 Å². The van der Waals surface area contributed by atoms with Crippen LogP contribution in [-0.4, -0.2) is 11.9 Å². The lowest BCUT2D eigenvalue weighted by molar-refractivity contribution is -0.122. The van der Waals surface area contributed by atoms with Gasteiger partial charge in [0.2, 0.25) is 5.91 Å². The molecular weight excluding hydrogens is 324 g/mol. The molecule has 0 saturated heterocycles. The topological polar surface area (TPSA) is 64.3 Å². The summed E-state index contributed by atoms with van der Waals surface area (Å²) < 4.78 is 5.98. The maximum Gasteiger partial charge on any atom is 0.236 e. The molecule has 0 heterocycles. The molecule has 2 aromatic rings. The molecule has 130 valence electrons. The third-order valence-electron chi connectivity index (χ3n) is 3.54. The molecule has 1 atom stereocenters. The molecule has 0 aliphatic rings. The number of rotatable bonds is 5. The second kappa shape index (κ2) is 8.71. The smallest absolute Gasteiger partial charge is 0.236 e. The number of carbonyl (C=O) groups excluding carboxylic acids is 1. The van der Waals surface area contributed by atoms with E-state index in [2.05, 4.69) is 25.2 Å². The third kappa shape index (κ3) is 5.55. The Kier molecular flexibility index (Phi) is 7.26. The number of nitrogens with two attached hydrogens (primary N) is 1. The highest BCUT2D eigenvalue weighted by atomic mass is 35.5. The Morgan fingerprint density at radius 1 is 1.12 bits per heavy atom. The van der Waals surface area contributed by atoms with Gasteiger partial charge in [-0.3, -0.25) is 4.79 Å². The van der Waals surface area contributed by atoms with Crippen LogP contribution in [0.5, 0.6) is 11.5 Å². The van der Waals surface area contributed by atoms with Gasteiger partial charge in [0.1, 0.15) is 11.5 Å². The zero-order valence-corrected chi connectivity index (χ0v) is 15.4. The number of carbonyl (C=O) groups is 1. The Morgan fingerprint density at radius 3 is 2.29 bits per heavy atom. The number of ether oxygens (including phenoxy) is 1. The number of amides is 1. The first-order valence-electron chi connectivity index (χ1n) is 7.74. The first kappa shape index (κ1) is 20.0. The fourth-order valence-corrected chi connectivity index (χ4v) is 2.40. The van der Waals surface area contributed by atoms with E-state index in [0.29, 0.717) is 6.54 Å². The minimum atomic E-state index is -0.497. The summed E-state index contributed by atoms with van der Waals surface area (Å²) in [5, 5.41) is 2.80. The summed E-state index contributed by atoms with van der Waals surface area (Å²) in [6.07, 6.45) is 0. The average Bonchev–Trinajstić information content (AvgIpc) is 2.46. The van der Waals surface area contributed by atoms with Gasteiger partial charge in [0, 0.05) is 6.54 Å². The molecule has 0 radical (unpaired) electrons. The summed E-state index contributed by atoms with van der Waals surface area (Å²) in [7, 11) is 0. The highest BCUT2D eigenvalue weighted by Crippen LogP contribution is 2.27. The Labute approximate surface area is 149 Å². The number of halogens is 1. The largest absolute Gasteiger partial charge is 0.457 e. The van der Waals surface area contributed by atoms with Crippen LogP contribution < -0.4 is 15.8 Å². The van der Waals surface area contributed by atoms with Gasteiger partial charge in [-0.25, -0.2) is 0 Å². The predicted octanol–water partition coefficient (Wildman–Crippen LogP) is 3.79. The first-order chi connectivity index (χ1) is 10.8. The average molecular weight is 349 g/mol. The molecule has 5 heteroatoms. The normalized spacial score (nSPS) is 11.4. The van der Waals surface area contributed by atoms with Crippen molar-refractivity contribution in [3.8, 4) is 11.5 Å². The van der Waals surface area contributed by atoms with Gasteiger partial charge in [-0.1, -0.05) is 18.2 Å². The molecule has 2 aromatic carbocycles. The van der Waals surface area contributed by atoms with E-state index >= 15 is 0 Å². The van der Waals surface area contributed by atoms with E-state index in [1.165, 1.54) is 11.1 Å². The van der Waals surface area contributed by atoms with Gasteiger partial charge in [0.15, 0.2) is 0 Å². The number of aryl methyl sites for hydroxylation is 3. The molecule has 3 N–H and O–H groups in total. The van der Waals surface area contributed by atoms with Crippen molar-refractivity contribution in [1.29, 1.82) is 0 Å². The van der Waals surface area contributed by atoms with Gasteiger partial charge in [0.25, 0.3) is 0 Å². The lowest BCUT2D eigenvalue weighted by Gasteiger charge is -2.12. The molecule has 0 aliphatic carbocycles. The second-order valence-electron chi connectivity index (χ2n) is 6.03. The molecular formula is C19H25ClN2O2. The van der Waals surface area contributed by atoms with Crippen molar-refractivity contribution in [2.75, 3.05) is 0 Å². The van der Waals surface area contributed by atoms with Crippen LogP contribution in [0.15, 0.2) is 36.4 Å². The molecule has 24 heavy (non-hydrogen) atoms. The minimum absolute atomic E-state index is 0. The molecule has 4 nitrogen and oxygen atoms in total. The van der Waals surface area contributed by atoms with E-state index in [1.54, 1.807) is 6.92 Å². The van der Waals surface area contributed by atoms with Crippen molar-refractivity contribution >= 4 is 18.3 Å². The molecule has 0 fully saturated rings. The highest BCUT2D eigenvalue weighted by Gasteiger charge is 2.08. The minimum Gasteiger partial charge on any atom is -0.457 e. The Hall–Kier alpha value is -2.04. The maximum absolute atomic E-state index is 11.5. The number of nitrogens with one attached hydrogen (secondary N) is 1. The molecule has 0 saturated carbocycles. The van der Waals surface area contributed by atoms with E-state index in [1.807, 2.05) is 37.3 Å². The SMILES string of the molecule is Cc1cc(C)cc(Oc2ccc(CNC(=O)[C@H](C)N)cc2C)c1.Cl. The van der Waals surface area contributed by atoms with Crippen molar-refractivity contribution < 1.29 is 9.53 Å². The summed E-state index contributed by atoms with van der Waals surface area (Å²) in [4.78, 5) is 11.5. The number of hydrogen-bond donors (Lipinski definition) is 2. The molecule has 1 amide bonds. The monoisotopic (exact) mass is 348 g/mol. The van der Waals surface area contributed by atoms with Gasteiger partial charge in [-0.05, 0) is 68.1 Å². The zero-order valence-electron chi connectivity index (χ0n) is 14.6. The van der Waals surface area contributed by atoms with Crippen molar-refractivity contribution in [3.05, 3.63) is 58.7 Å². The number of benzene rings is 2. The van der Waals surface area contributed by atoms with Crippen molar-refractivity contribution in [1.82, 2.24) is 5.32 Å². The fourth-order valence-electron chi connectivity index (χ4n) is 2.40. The summed E-state index contributed by atoms with van der Waals surface area (Å²) in [6.45, 7) is 8.23. The fraction of sp³-hybridized carbons (Fsp3) is 0.316. The van der Waals surface area contributed by atoms with E-state index in [0.717, 1.165) is 22.6 Å². The van der Waals surface area contributed by atoms with Crippen LogP contribution in [0.4, 0.5) is 0 Å². The highest BCUT2D eigenvalue weighted by molar-refractivity contribution is 5.85. The van der Waals surface area contributed by atoms with E-state index in [4.69, 9.17) is 10.5 Å². The third-order valence-corrected chi connectivity index (χ3v) is 3.54. The zero-order chi connectivity index (χ0) is 17.0. The summed E-state index contributed by atoms with van der Waals surface area (Å²) >= 11 is 0. The molecule has 0 aliphatic heterocycles. The lowest BCUT2D eigenvalue weighted by Crippen LogP contribution is -2.37. The van der Waals surface area contributed by atoms with E-state index in [9.17, 15) is 4.79 Å². The van der Waals surface area contributed by atoms with Crippen molar-refractivity contribution in [2.45, 2.75) is 40.3 Å². The summed E-state index contributed by atoms with van der Waals surface area (Å²) in [6, 6.07) is 11.5. The maximum atomic E-state index is 11.5. The van der Waals surface area contributed by atoms with Crippen LogP contribution in [0, 0.1) is 20.8 Å². The molecule has 0 aromatic heterocycles. The molecule has 0 bridgehead atoms. The summed E-state index contributed by atoms with van der Waals surface area (Å²) in [5.41, 5.74) is 9.92. The lowest BCUT2D eigenvalue weighted by atomic mass is 10.1. The van der Waals surface area contributed by atoms with Crippen LogP contribution in [0.1, 0.15) is 29.2 Å². The van der Waals surface area contributed by atoms with Crippen molar-refractivity contribution in [2.24, 2.45) is 5.73 Å². The van der Waals surface area contributed by atoms with Gasteiger partial charge >= 0.3 is 0 Å². The van der Waals surface area contributed by atoms with Gasteiger partial charge in [-0.2, -0.15) is 0 Å². The van der Waals surface area contributed by atoms with Crippen LogP contribution in [0.2, 0.25) is 0 Å².